The summed E-state index contributed by atoms with van der Waals surface area (Å²) in [4.78, 5) is 0. The zero-order valence-corrected chi connectivity index (χ0v) is 10.3. The van der Waals surface area contributed by atoms with Crippen molar-refractivity contribution in [1.82, 2.24) is 0 Å². The van der Waals surface area contributed by atoms with Crippen LogP contribution >= 0.6 is 11.6 Å². The molecule has 1 nitrogen and oxygen atoms in total. The van der Waals surface area contributed by atoms with Gasteiger partial charge in [-0.05, 0) is 24.3 Å². The summed E-state index contributed by atoms with van der Waals surface area (Å²) in [5, 5.41) is 3.23. The second kappa shape index (κ2) is 6.09. The predicted molar refractivity (Wildman–Crippen MR) is 73.2 cm³/mol. The van der Waals surface area contributed by atoms with E-state index in [0.717, 1.165) is 5.56 Å². The second-order valence-electron chi connectivity index (χ2n) is 3.62. The van der Waals surface area contributed by atoms with Gasteiger partial charge in [-0.3, -0.25) is 0 Å². The molecule has 0 saturated heterocycles. The SMILES string of the molecule is Fc1cccc(Cl)c1NCC#Cc1ccccc1. The maximum atomic E-state index is 13.4. The summed E-state index contributed by atoms with van der Waals surface area (Å²) >= 11 is 5.87. The lowest BCUT2D eigenvalue weighted by Crippen LogP contribution is -2.01. The molecule has 0 aliphatic heterocycles. The van der Waals surface area contributed by atoms with Crippen LogP contribution < -0.4 is 5.32 Å². The molecule has 0 aliphatic rings. The van der Waals surface area contributed by atoms with Crippen LogP contribution in [0.5, 0.6) is 0 Å². The lowest BCUT2D eigenvalue weighted by Gasteiger charge is -2.05. The molecule has 2 rings (SSSR count). The summed E-state index contributed by atoms with van der Waals surface area (Å²) in [6.07, 6.45) is 0. The van der Waals surface area contributed by atoms with Crippen molar-refractivity contribution in [2.24, 2.45) is 0 Å². The average Bonchev–Trinajstić information content (AvgIpc) is 2.38. The van der Waals surface area contributed by atoms with Gasteiger partial charge in [0, 0.05) is 5.56 Å². The first-order chi connectivity index (χ1) is 8.77. The van der Waals surface area contributed by atoms with Crippen LogP contribution in [0.25, 0.3) is 0 Å². The van der Waals surface area contributed by atoms with Crippen LogP contribution in [-0.2, 0) is 0 Å². The molecular weight excluding hydrogens is 249 g/mol. The normalized spacial score (nSPS) is 9.44. The number of hydrogen-bond donors (Lipinski definition) is 1. The highest BCUT2D eigenvalue weighted by Gasteiger charge is 2.04. The lowest BCUT2D eigenvalue weighted by molar-refractivity contribution is 0.631. The molecule has 90 valence electrons. The highest BCUT2D eigenvalue weighted by atomic mass is 35.5. The fourth-order valence-corrected chi connectivity index (χ4v) is 1.70. The smallest absolute Gasteiger partial charge is 0.147 e. The first kappa shape index (κ1) is 12.5. The molecule has 0 saturated carbocycles. The molecule has 0 aromatic heterocycles. The highest BCUT2D eigenvalue weighted by Crippen LogP contribution is 2.23. The van der Waals surface area contributed by atoms with Crippen molar-refractivity contribution in [3.8, 4) is 11.8 Å². The minimum Gasteiger partial charge on any atom is -0.371 e. The summed E-state index contributed by atoms with van der Waals surface area (Å²) in [5.41, 5.74) is 1.22. The molecule has 0 aliphatic carbocycles. The largest absolute Gasteiger partial charge is 0.371 e. The second-order valence-corrected chi connectivity index (χ2v) is 4.03. The summed E-state index contributed by atoms with van der Waals surface area (Å²) in [5.74, 6) is 5.52. The number of hydrogen-bond acceptors (Lipinski definition) is 1. The predicted octanol–water partition coefficient (Wildman–Crippen LogP) is 3.94. The summed E-state index contributed by atoms with van der Waals surface area (Å²) in [6, 6.07) is 14.2. The average molecular weight is 260 g/mol. The number of para-hydroxylation sites is 1. The van der Waals surface area contributed by atoms with Gasteiger partial charge in [0.2, 0.25) is 0 Å². The van der Waals surface area contributed by atoms with Crippen LogP contribution in [0.3, 0.4) is 0 Å². The Labute approximate surface area is 111 Å². The van der Waals surface area contributed by atoms with E-state index >= 15 is 0 Å². The number of anilines is 1. The fourth-order valence-electron chi connectivity index (χ4n) is 1.47. The Hall–Kier alpha value is -1.98. The Kier molecular flexibility index (Phi) is 4.22. The van der Waals surface area contributed by atoms with Crippen molar-refractivity contribution in [1.29, 1.82) is 0 Å². The summed E-state index contributed by atoms with van der Waals surface area (Å²) < 4.78 is 13.4. The van der Waals surface area contributed by atoms with E-state index in [4.69, 9.17) is 11.6 Å². The molecule has 0 heterocycles. The van der Waals surface area contributed by atoms with Crippen LogP contribution in [0.15, 0.2) is 48.5 Å². The van der Waals surface area contributed by atoms with Crippen molar-refractivity contribution in [3.63, 3.8) is 0 Å². The van der Waals surface area contributed by atoms with Crippen LogP contribution in [0.1, 0.15) is 5.56 Å². The van der Waals surface area contributed by atoms with Gasteiger partial charge in [-0.2, -0.15) is 0 Å². The van der Waals surface area contributed by atoms with E-state index < -0.39 is 0 Å². The quantitative estimate of drug-likeness (QED) is 0.806. The van der Waals surface area contributed by atoms with Crippen molar-refractivity contribution in [3.05, 3.63) is 64.9 Å². The Morgan fingerprint density at radius 3 is 2.56 bits per heavy atom. The van der Waals surface area contributed by atoms with E-state index in [0.29, 0.717) is 17.3 Å². The van der Waals surface area contributed by atoms with E-state index in [9.17, 15) is 4.39 Å². The molecule has 0 radical (unpaired) electrons. The van der Waals surface area contributed by atoms with Crippen LogP contribution in [0.2, 0.25) is 5.02 Å². The van der Waals surface area contributed by atoms with Gasteiger partial charge in [0.25, 0.3) is 0 Å². The molecular formula is C15H11ClFN. The molecule has 2 aromatic rings. The van der Waals surface area contributed by atoms with Gasteiger partial charge in [-0.15, -0.1) is 0 Å². The van der Waals surface area contributed by atoms with E-state index in [1.807, 2.05) is 30.3 Å². The van der Waals surface area contributed by atoms with Gasteiger partial charge in [0.15, 0.2) is 0 Å². The number of nitrogens with one attached hydrogen (secondary N) is 1. The first-order valence-electron chi connectivity index (χ1n) is 5.49. The van der Waals surface area contributed by atoms with Gasteiger partial charge in [-0.25, -0.2) is 4.39 Å². The molecule has 0 atom stereocenters. The molecule has 18 heavy (non-hydrogen) atoms. The van der Waals surface area contributed by atoms with Crippen molar-refractivity contribution < 1.29 is 4.39 Å². The van der Waals surface area contributed by atoms with Crippen LogP contribution in [-0.4, -0.2) is 6.54 Å². The molecule has 0 spiro atoms. The van der Waals surface area contributed by atoms with Crippen LogP contribution in [0, 0.1) is 17.7 Å². The molecule has 0 unspecified atom stereocenters. The van der Waals surface area contributed by atoms with Crippen molar-refractivity contribution >= 4 is 17.3 Å². The van der Waals surface area contributed by atoms with Crippen molar-refractivity contribution in [2.45, 2.75) is 0 Å². The summed E-state index contributed by atoms with van der Waals surface area (Å²) in [7, 11) is 0. The van der Waals surface area contributed by atoms with E-state index in [1.54, 1.807) is 12.1 Å². The standard InChI is InChI=1S/C15H11ClFN/c16-13-9-4-10-14(17)15(13)18-11-5-8-12-6-2-1-3-7-12/h1-4,6-7,9-10,18H,11H2. The monoisotopic (exact) mass is 259 g/mol. The molecule has 0 amide bonds. The fraction of sp³-hybridized carbons (Fsp3) is 0.0667. The Balaban J connectivity index is 1.99. The van der Waals surface area contributed by atoms with Gasteiger partial charge in [0.05, 0.1) is 17.3 Å². The highest BCUT2D eigenvalue weighted by molar-refractivity contribution is 6.33. The topological polar surface area (TPSA) is 12.0 Å². The molecule has 0 fully saturated rings. The van der Waals surface area contributed by atoms with E-state index in [2.05, 4.69) is 17.2 Å². The molecule has 0 bridgehead atoms. The Bertz CT molecular complexity index is 564. The van der Waals surface area contributed by atoms with E-state index in [-0.39, 0.29) is 5.82 Å². The maximum absolute atomic E-state index is 13.4. The zero-order valence-electron chi connectivity index (χ0n) is 9.58. The molecule has 1 N–H and O–H groups in total. The number of benzene rings is 2. The minimum atomic E-state index is -0.371. The van der Waals surface area contributed by atoms with Gasteiger partial charge in [-0.1, -0.05) is 47.7 Å². The number of halogens is 2. The first-order valence-corrected chi connectivity index (χ1v) is 5.87. The van der Waals surface area contributed by atoms with Gasteiger partial charge in [0.1, 0.15) is 5.82 Å². The summed E-state index contributed by atoms with van der Waals surface area (Å²) in [6.45, 7) is 0.343. The number of rotatable bonds is 2. The lowest BCUT2D eigenvalue weighted by atomic mass is 10.2. The molecule has 2 aromatic carbocycles. The third-order valence-electron chi connectivity index (χ3n) is 2.32. The molecule has 3 heteroatoms. The zero-order chi connectivity index (χ0) is 12.8. The maximum Gasteiger partial charge on any atom is 0.147 e. The Morgan fingerprint density at radius 1 is 1.06 bits per heavy atom. The van der Waals surface area contributed by atoms with Gasteiger partial charge < -0.3 is 5.32 Å². The minimum absolute atomic E-state index is 0.293. The Morgan fingerprint density at radius 2 is 1.83 bits per heavy atom. The van der Waals surface area contributed by atoms with Gasteiger partial charge >= 0.3 is 0 Å². The van der Waals surface area contributed by atoms with Crippen LogP contribution in [0.4, 0.5) is 10.1 Å². The van der Waals surface area contributed by atoms with Crippen molar-refractivity contribution in [2.75, 3.05) is 11.9 Å². The third kappa shape index (κ3) is 3.26. The third-order valence-corrected chi connectivity index (χ3v) is 2.64. The van der Waals surface area contributed by atoms with E-state index in [1.165, 1.54) is 6.07 Å².